The Morgan fingerprint density at radius 2 is 1.86 bits per heavy atom. The lowest BCUT2D eigenvalue weighted by Gasteiger charge is -2.21. The van der Waals surface area contributed by atoms with Crippen LogP contribution in [0, 0.1) is 0 Å². The maximum atomic E-state index is 12.4. The summed E-state index contributed by atoms with van der Waals surface area (Å²) >= 11 is 6.01. The molecule has 0 saturated heterocycles. The molecule has 0 radical (unpaired) electrons. The summed E-state index contributed by atoms with van der Waals surface area (Å²) in [5.41, 5.74) is 2.49. The number of hydrogen-bond acceptors (Lipinski definition) is 3. The molecule has 1 heterocycles. The predicted octanol–water partition coefficient (Wildman–Crippen LogP) is 4.31. The topological polar surface area (TPSA) is 62.3 Å². The van der Waals surface area contributed by atoms with Crippen LogP contribution in [0.5, 0.6) is 0 Å². The Kier molecular flexibility index (Phi) is 6.61. The SMILES string of the molecule is CC(=O)N(CCC(=O)Nc1cccc2cccnc12)CCc1cccc(Cl)c1. The fourth-order valence-electron chi connectivity index (χ4n) is 3.04. The molecular weight excluding hydrogens is 374 g/mol. The van der Waals surface area contributed by atoms with Gasteiger partial charge in [-0.3, -0.25) is 14.6 Å². The van der Waals surface area contributed by atoms with E-state index in [9.17, 15) is 9.59 Å². The van der Waals surface area contributed by atoms with Gasteiger partial charge in [-0.25, -0.2) is 0 Å². The zero-order valence-electron chi connectivity index (χ0n) is 15.7. The van der Waals surface area contributed by atoms with Gasteiger partial charge in [0.05, 0.1) is 11.2 Å². The average Bonchev–Trinajstić information content (AvgIpc) is 2.68. The number of para-hydroxylation sites is 1. The van der Waals surface area contributed by atoms with Gasteiger partial charge in [-0.2, -0.15) is 0 Å². The van der Waals surface area contributed by atoms with Crippen LogP contribution in [0.25, 0.3) is 10.9 Å². The van der Waals surface area contributed by atoms with Crippen molar-refractivity contribution in [2.45, 2.75) is 19.8 Å². The maximum Gasteiger partial charge on any atom is 0.226 e. The lowest BCUT2D eigenvalue weighted by atomic mass is 10.1. The zero-order valence-corrected chi connectivity index (χ0v) is 16.4. The summed E-state index contributed by atoms with van der Waals surface area (Å²) in [4.78, 5) is 30.4. The standard InChI is InChI=1S/C22H22ClN3O2/c1-16(27)26(13-10-17-5-2-8-19(23)15-17)14-11-21(28)25-20-9-3-6-18-7-4-12-24-22(18)20/h2-9,12,15H,10-11,13-14H2,1H3,(H,25,28). The Morgan fingerprint density at radius 1 is 1.07 bits per heavy atom. The third-order valence-corrected chi connectivity index (χ3v) is 4.76. The highest BCUT2D eigenvalue weighted by molar-refractivity contribution is 6.30. The van der Waals surface area contributed by atoms with Crippen LogP contribution in [0.4, 0.5) is 5.69 Å². The van der Waals surface area contributed by atoms with Crippen LogP contribution in [0.1, 0.15) is 18.9 Å². The molecule has 0 bridgehead atoms. The summed E-state index contributed by atoms with van der Waals surface area (Å²) in [6.45, 7) is 2.42. The Labute approximate surface area is 169 Å². The second-order valence-electron chi connectivity index (χ2n) is 6.56. The predicted molar refractivity (Wildman–Crippen MR) is 112 cm³/mol. The third-order valence-electron chi connectivity index (χ3n) is 4.52. The van der Waals surface area contributed by atoms with Crippen LogP contribution in [0.15, 0.2) is 60.8 Å². The number of benzene rings is 2. The van der Waals surface area contributed by atoms with Crippen molar-refractivity contribution in [2.24, 2.45) is 0 Å². The monoisotopic (exact) mass is 395 g/mol. The highest BCUT2D eigenvalue weighted by Crippen LogP contribution is 2.20. The number of halogens is 1. The lowest BCUT2D eigenvalue weighted by molar-refractivity contribution is -0.129. The van der Waals surface area contributed by atoms with E-state index in [1.807, 2.05) is 54.6 Å². The number of carbonyl (C=O) groups is 2. The minimum absolute atomic E-state index is 0.0540. The van der Waals surface area contributed by atoms with Gasteiger partial charge >= 0.3 is 0 Å². The number of anilines is 1. The molecule has 144 valence electrons. The van der Waals surface area contributed by atoms with Crippen molar-refractivity contribution in [2.75, 3.05) is 18.4 Å². The largest absolute Gasteiger partial charge is 0.342 e. The first-order valence-electron chi connectivity index (χ1n) is 9.16. The molecule has 0 unspecified atom stereocenters. The van der Waals surface area contributed by atoms with E-state index in [2.05, 4.69) is 10.3 Å². The molecule has 0 fully saturated rings. The number of fused-ring (bicyclic) bond motifs is 1. The van der Waals surface area contributed by atoms with Crippen molar-refractivity contribution in [3.63, 3.8) is 0 Å². The Hall–Kier alpha value is -2.92. The molecular formula is C22H22ClN3O2. The fraction of sp³-hybridized carbons (Fsp3) is 0.227. The van der Waals surface area contributed by atoms with E-state index in [1.165, 1.54) is 6.92 Å². The van der Waals surface area contributed by atoms with Crippen LogP contribution >= 0.6 is 11.6 Å². The fourth-order valence-corrected chi connectivity index (χ4v) is 3.25. The second kappa shape index (κ2) is 9.33. The van der Waals surface area contributed by atoms with Crippen molar-refractivity contribution in [1.29, 1.82) is 0 Å². The van der Waals surface area contributed by atoms with Crippen LogP contribution in [-0.4, -0.2) is 34.8 Å². The molecule has 0 aliphatic rings. The van der Waals surface area contributed by atoms with Gasteiger partial charge in [0.15, 0.2) is 0 Å². The minimum atomic E-state index is -0.146. The summed E-state index contributed by atoms with van der Waals surface area (Å²) in [6.07, 6.45) is 2.61. The Balaban J connectivity index is 1.57. The molecule has 1 aromatic heterocycles. The first-order valence-corrected chi connectivity index (χ1v) is 9.54. The van der Waals surface area contributed by atoms with Crippen molar-refractivity contribution in [3.8, 4) is 0 Å². The van der Waals surface area contributed by atoms with Crippen LogP contribution in [0.3, 0.4) is 0 Å². The molecule has 3 rings (SSSR count). The van der Waals surface area contributed by atoms with E-state index in [0.717, 1.165) is 16.5 Å². The van der Waals surface area contributed by atoms with Crippen molar-refractivity contribution < 1.29 is 9.59 Å². The van der Waals surface area contributed by atoms with E-state index >= 15 is 0 Å². The number of nitrogens with zero attached hydrogens (tertiary/aromatic N) is 2. The van der Waals surface area contributed by atoms with Crippen molar-refractivity contribution in [3.05, 3.63) is 71.4 Å². The number of rotatable bonds is 7. The van der Waals surface area contributed by atoms with E-state index < -0.39 is 0 Å². The van der Waals surface area contributed by atoms with Gasteiger partial charge in [-0.1, -0.05) is 41.9 Å². The van der Waals surface area contributed by atoms with Crippen LogP contribution < -0.4 is 5.32 Å². The minimum Gasteiger partial charge on any atom is -0.342 e. The number of carbonyl (C=O) groups excluding carboxylic acids is 2. The molecule has 0 spiro atoms. The molecule has 0 saturated carbocycles. The molecule has 1 N–H and O–H groups in total. The summed E-state index contributed by atoms with van der Waals surface area (Å²) < 4.78 is 0. The first kappa shape index (κ1) is 19.8. The number of aromatic nitrogens is 1. The van der Waals surface area contributed by atoms with Gasteiger partial charge in [0.1, 0.15) is 0 Å². The number of nitrogens with one attached hydrogen (secondary N) is 1. The molecule has 6 heteroatoms. The van der Waals surface area contributed by atoms with Gasteiger partial charge in [0, 0.05) is 43.0 Å². The summed E-state index contributed by atoms with van der Waals surface area (Å²) in [7, 11) is 0. The molecule has 5 nitrogen and oxygen atoms in total. The van der Waals surface area contributed by atoms with Gasteiger partial charge in [0.2, 0.25) is 11.8 Å². The van der Waals surface area contributed by atoms with Crippen molar-refractivity contribution >= 4 is 40.0 Å². The van der Waals surface area contributed by atoms with Gasteiger partial charge in [-0.15, -0.1) is 0 Å². The number of pyridine rings is 1. The molecule has 2 aromatic carbocycles. The van der Waals surface area contributed by atoms with Crippen LogP contribution in [0.2, 0.25) is 5.02 Å². The van der Waals surface area contributed by atoms with Crippen molar-refractivity contribution in [1.82, 2.24) is 9.88 Å². The molecule has 2 amide bonds. The number of amides is 2. The summed E-state index contributed by atoms with van der Waals surface area (Å²) in [5, 5.41) is 4.54. The Bertz CT molecular complexity index is 985. The van der Waals surface area contributed by atoms with Gasteiger partial charge in [-0.05, 0) is 36.2 Å². The number of hydrogen-bond donors (Lipinski definition) is 1. The molecule has 28 heavy (non-hydrogen) atoms. The lowest BCUT2D eigenvalue weighted by Crippen LogP contribution is -2.33. The zero-order chi connectivity index (χ0) is 19.9. The maximum absolute atomic E-state index is 12.4. The van der Waals surface area contributed by atoms with E-state index in [-0.39, 0.29) is 18.2 Å². The summed E-state index contributed by atoms with van der Waals surface area (Å²) in [6, 6.07) is 17.0. The van der Waals surface area contributed by atoms with Gasteiger partial charge in [0.25, 0.3) is 0 Å². The van der Waals surface area contributed by atoms with E-state index in [1.54, 1.807) is 11.1 Å². The highest BCUT2D eigenvalue weighted by Gasteiger charge is 2.12. The van der Waals surface area contributed by atoms with Crippen LogP contribution in [-0.2, 0) is 16.0 Å². The molecule has 0 aliphatic carbocycles. The third kappa shape index (κ3) is 5.30. The molecule has 0 aliphatic heterocycles. The van der Waals surface area contributed by atoms with E-state index in [0.29, 0.717) is 30.2 Å². The van der Waals surface area contributed by atoms with E-state index in [4.69, 9.17) is 11.6 Å². The first-order chi connectivity index (χ1) is 13.5. The normalized spacial score (nSPS) is 10.6. The quantitative estimate of drug-likeness (QED) is 0.648. The molecule has 3 aromatic rings. The smallest absolute Gasteiger partial charge is 0.226 e. The summed E-state index contributed by atoms with van der Waals surface area (Å²) in [5.74, 6) is -0.200. The molecule has 0 atom stereocenters. The average molecular weight is 396 g/mol. The highest BCUT2D eigenvalue weighted by atomic mass is 35.5. The second-order valence-corrected chi connectivity index (χ2v) is 7.00. The van der Waals surface area contributed by atoms with Gasteiger partial charge < -0.3 is 10.2 Å². The Morgan fingerprint density at radius 3 is 2.64 bits per heavy atom.